The Morgan fingerprint density at radius 1 is 1.19 bits per heavy atom. The highest BCUT2D eigenvalue weighted by molar-refractivity contribution is 7.13. The second kappa shape index (κ2) is 8.73. The third-order valence-electron chi connectivity index (χ3n) is 4.96. The molecule has 0 bridgehead atoms. The van der Waals surface area contributed by atoms with Gasteiger partial charge in [-0.15, -0.1) is 11.3 Å². The molecule has 31 heavy (non-hydrogen) atoms. The molecule has 0 amide bonds. The van der Waals surface area contributed by atoms with Crippen molar-refractivity contribution in [3.63, 3.8) is 0 Å². The molecule has 0 N–H and O–H groups in total. The molecule has 2 heterocycles. The van der Waals surface area contributed by atoms with E-state index in [1.165, 1.54) is 24.7 Å². The van der Waals surface area contributed by atoms with Crippen molar-refractivity contribution in [3.8, 4) is 16.3 Å². The van der Waals surface area contributed by atoms with Crippen LogP contribution in [0, 0.1) is 6.92 Å². The molecule has 0 atom stereocenters. The van der Waals surface area contributed by atoms with Crippen molar-refractivity contribution in [1.82, 2.24) is 4.98 Å². The number of ether oxygens (including phenoxy) is 2. The third kappa shape index (κ3) is 4.22. The van der Waals surface area contributed by atoms with E-state index >= 15 is 0 Å². The number of hydrogen-bond acceptors (Lipinski definition) is 7. The number of carbonyl (C=O) groups is 1. The van der Waals surface area contributed by atoms with Gasteiger partial charge in [0, 0.05) is 17.1 Å². The maximum atomic E-state index is 13.0. The maximum Gasteiger partial charge on any atom is 0.337 e. The molecule has 0 spiro atoms. The van der Waals surface area contributed by atoms with E-state index in [0.717, 1.165) is 16.8 Å². The number of thiazole rings is 1. The van der Waals surface area contributed by atoms with Crippen LogP contribution in [0.2, 0.25) is 0 Å². The number of aromatic nitrogens is 1. The maximum absolute atomic E-state index is 13.0. The highest BCUT2D eigenvalue weighted by atomic mass is 32.1. The predicted molar refractivity (Wildman–Crippen MR) is 120 cm³/mol. The molecule has 0 radical (unpaired) electrons. The molecule has 7 heteroatoms. The van der Waals surface area contributed by atoms with Crippen molar-refractivity contribution in [1.29, 1.82) is 0 Å². The first-order valence-electron chi connectivity index (χ1n) is 9.81. The Kier molecular flexibility index (Phi) is 5.86. The molecule has 0 aliphatic heterocycles. The monoisotopic (exact) mass is 435 g/mol. The van der Waals surface area contributed by atoms with Crippen LogP contribution < -0.4 is 10.2 Å². The topological polar surface area (TPSA) is 78.6 Å². The van der Waals surface area contributed by atoms with Gasteiger partial charge >= 0.3 is 5.97 Å². The zero-order chi connectivity index (χ0) is 22.0. The summed E-state index contributed by atoms with van der Waals surface area (Å²) in [6.07, 6.45) is 2.16. The molecule has 6 nitrogen and oxygen atoms in total. The van der Waals surface area contributed by atoms with Crippen molar-refractivity contribution in [2.24, 2.45) is 0 Å². The number of hydrogen-bond donors (Lipinski definition) is 0. The van der Waals surface area contributed by atoms with Crippen LogP contribution >= 0.6 is 11.3 Å². The molecule has 2 aromatic carbocycles. The van der Waals surface area contributed by atoms with Gasteiger partial charge in [-0.1, -0.05) is 19.1 Å². The summed E-state index contributed by atoms with van der Waals surface area (Å²) in [7, 11) is 1.35. The average Bonchev–Trinajstić information content (AvgIpc) is 3.23. The van der Waals surface area contributed by atoms with Gasteiger partial charge in [0.05, 0.1) is 23.6 Å². The minimum Gasteiger partial charge on any atom is -0.488 e. The molecule has 0 unspecified atom stereocenters. The van der Waals surface area contributed by atoms with Crippen LogP contribution in [0.1, 0.15) is 34.1 Å². The molecule has 0 aliphatic rings. The number of aryl methyl sites for hydroxylation is 2. The molecule has 2 aromatic heterocycles. The zero-order valence-electron chi connectivity index (χ0n) is 17.4. The Balaban J connectivity index is 1.62. The second-order valence-corrected chi connectivity index (χ2v) is 7.92. The molecular formula is C24H21NO5S. The number of carbonyl (C=O) groups excluding carboxylic acids is 1. The van der Waals surface area contributed by atoms with Gasteiger partial charge < -0.3 is 13.9 Å². The summed E-state index contributed by atoms with van der Waals surface area (Å²) in [4.78, 5) is 29.0. The summed E-state index contributed by atoms with van der Waals surface area (Å²) >= 11 is 1.42. The Labute approximate surface area is 183 Å². The summed E-state index contributed by atoms with van der Waals surface area (Å²) in [5, 5.41) is 3.07. The summed E-state index contributed by atoms with van der Waals surface area (Å²) < 4.78 is 16.5. The first-order valence-corrected chi connectivity index (χ1v) is 10.7. The minimum absolute atomic E-state index is 0.102. The smallest absolute Gasteiger partial charge is 0.337 e. The number of nitrogens with zero attached hydrogens (tertiary/aromatic N) is 1. The van der Waals surface area contributed by atoms with E-state index in [-0.39, 0.29) is 11.4 Å². The van der Waals surface area contributed by atoms with Crippen LogP contribution in [0.25, 0.3) is 21.5 Å². The predicted octanol–water partition coefficient (Wildman–Crippen LogP) is 5.15. The van der Waals surface area contributed by atoms with Crippen molar-refractivity contribution < 1.29 is 18.7 Å². The second-order valence-electron chi connectivity index (χ2n) is 7.06. The van der Waals surface area contributed by atoms with Gasteiger partial charge in [0.15, 0.2) is 0 Å². The van der Waals surface area contributed by atoms with E-state index in [2.05, 4.69) is 4.98 Å². The molecule has 4 aromatic rings. The van der Waals surface area contributed by atoms with Gasteiger partial charge in [0.25, 0.3) is 0 Å². The van der Waals surface area contributed by atoms with E-state index in [0.29, 0.717) is 45.9 Å². The fourth-order valence-corrected chi connectivity index (χ4v) is 4.05. The van der Waals surface area contributed by atoms with Gasteiger partial charge in [-0.05, 0) is 42.7 Å². The largest absolute Gasteiger partial charge is 0.488 e. The van der Waals surface area contributed by atoms with E-state index in [1.807, 2.05) is 37.4 Å². The standard InChI is InChI=1S/C24H21NO5S/c1-4-16-9-18-21(30-12-19(22(18)26)23-25-14(2)13-31-23)10-20(16)29-11-15-5-7-17(8-6-15)24(27)28-3/h5-10,12-13H,4,11H2,1-3H3. The highest BCUT2D eigenvalue weighted by Gasteiger charge is 2.15. The summed E-state index contributed by atoms with van der Waals surface area (Å²) in [6.45, 7) is 4.22. The number of esters is 1. The molecule has 0 aliphatic carbocycles. The summed E-state index contributed by atoms with van der Waals surface area (Å²) in [5.41, 5.74) is 4.01. The SMILES string of the molecule is CCc1cc2c(=O)c(-c3nc(C)cs3)coc2cc1OCc1ccc(C(=O)OC)cc1. The van der Waals surface area contributed by atoms with Crippen molar-refractivity contribution >= 4 is 28.3 Å². The third-order valence-corrected chi connectivity index (χ3v) is 5.95. The van der Waals surface area contributed by atoms with Crippen LogP contribution in [0.5, 0.6) is 5.75 Å². The average molecular weight is 436 g/mol. The number of methoxy groups -OCH3 is 1. The van der Waals surface area contributed by atoms with Crippen LogP contribution in [0.3, 0.4) is 0 Å². The Hall–Kier alpha value is -3.45. The lowest BCUT2D eigenvalue weighted by Crippen LogP contribution is -2.06. The van der Waals surface area contributed by atoms with Gasteiger partial charge in [-0.25, -0.2) is 9.78 Å². The van der Waals surface area contributed by atoms with E-state index in [9.17, 15) is 9.59 Å². The number of benzene rings is 2. The fraction of sp³-hybridized carbons (Fsp3) is 0.208. The zero-order valence-corrected chi connectivity index (χ0v) is 18.2. The summed E-state index contributed by atoms with van der Waals surface area (Å²) in [5.74, 6) is 0.283. The molecular weight excluding hydrogens is 414 g/mol. The van der Waals surface area contributed by atoms with E-state index in [4.69, 9.17) is 13.9 Å². The molecule has 4 rings (SSSR count). The van der Waals surface area contributed by atoms with Crippen LogP contribution in [-0.4, -0.2) is 18.1 Å². The summed E-state index contributed by atoms with van der Waals surface area (Å²) in [6, 6.07) is 10.6. The van der Waals surface area contributed by atoms with Crippen LogP contribution in [0.4, 0.5) is 0 Å². The first-order chi connectivity index (χ1) is 15.0. The van der Waals surface area contributed by atoms with Gasteiger partial charge in [0.2, 0.25) is 5.43 Å². The van der Waals surface area contributed by atoms with Crippen LogP contribution in [-0.2, 0) is 17.8 Å². The van der Waals surface area contributed by atoms with E-state index < -0.39 is 0 Å². The first kappa shape index (κ1) is 20.8. The van der Waals surface area contributed by atoms with Gasteiger partial charge in [-0.3, -0.25) is 4.79 Å². The van der Waals surface area contributed by atoms with Crippen LogP contribution in [0.15, 0.2) is 57.3 Å². The molecule has 0 saturated heterocycles. The number of rotatable bonds is 6. The molecule has 0 saturated carbocycles. The quantitative estimate of drug-likeness (QED) is 0.390. The molecule has 158 valence electrons. The van der Waals surface area contributed by atoms with Crippen molar-refractivity contribution in [3.05, 3.63) is 80.6 Å². The normalized spacial score (nSPS) is 10.9. The number of fused-ring (bicyclic) bond motifs is 1. The Morgan fingerprint density at radius 3 is 2.61 bits per heavy atom. The Morgan fingerprint density at radius 2 is 1.97 bits per heavy atom. The Bertz CT molecular complexity index is 1300. The highest BCUT2D eigenvalue weighted by Crippen LogP contribution is 2.29. The fourth-order valence-electron chi connectivity index (χ4n) is 3.25. The lowest BCUT2D eigenvalue weighted by atomic mass is 10.1. The van der Waals surface area contributed by atoms with Crippen molar-refractivity contribution in [2.75, 3.05) is 7.11 Å². The lowest BCUT2D eigenvalue weighted by Gasteiger charge is -2.12. The van der Waals surface area contributed by atoms with Gasteiger partial charge in [-0.2, -0.15) is 0 Å². The van der Waals surface area contributed by atoms with Crippen molar-refractivity contribution in [2.45, 2.75) is 26.9 Å². The lowest BCUT2D eigenvalue weighted by molar-refractivity contribution is 0.0600. The van der Waals surface area contributed by atoms with Gasteiger partial charge in [0.1, 0.15) is 29.2 Å². The minimum atomic E-state index is -0.377. The molecule has 0 fully saturated rings. The van der Waals surface area contributed by atoms with E-state index in [1.54, 1.807) is 18.2 Å².